The van der Waals surface area contributed by atoms with E-state index in [4.69, 9.17) is 4.74 Å². The molecule has 0 aliphatic rings. The zero-order valence-corrected chi connectivity index (χ0v) is 12.1. The van der Waals surface area contributed by atoms with Gasteiger partial charge in [-0.05, 0) is 35.4 Å². The van der Waals surface area contributed by atoms with Crippen molar-refractivity contribution in [3.63, 3.8) is 0 Å². The molecule has 3 nitrogen and oxygen atoms in total. The number of hydrogen-bond acceptors (Lipinski definition) is 3. The van der Waals surface area contributed by atoms with Gasteiger partial charge >= 0.3 is 6.18 Å². The maximum Gasteiger partial charge on any atom is 0.416 e. The maximum absolute atomic E-state index is 12.7. The molecule has 1 N–H and O–H groups in total. The van der Waals surface area contributed by atoms with Crippen LogP contribution in [0.3, 0.4) is 0 Å². The highest BCUT2D eigenvalue weighted by atomic mass is 19.4. The lowest BCUT2D eigenvalue weighted by atomic mass is 10.1. The Bertz CT molecular complexity index is 749. The number of phenols is 1. The van der Waals surface area contributed by atoms with E-state index in [9.17, 15) is 23.1 Å². The zero-order valence-electron chi connectivity index (χ0n) is 12.1. The fourth-order valence-electron chi connectivity index (χ4n) is 2.00. The summed E-state index contributed by atoms with van der Waals surface area (Å²) in [6.45, 7) is 0. The molecule has 2 aromatic carbocycles. The van der Waals surface area contributed by atoms with Crippen molar-refractivity contribution in [3.8, 4) is 11.5 Å². The second-order valence-corrected chi connectivity index (χ2v) is 4.74. The molecule has 0 bridgehead atoms. The van der Waals surface area contributed by atoms with Crippen LogP contribution in [0, 0.1) is 0 Å². The summed E-state index contributed by atoms with van der Waals surface area (Å²) in [5, 5.41) is 9.72. The molecule has 0 aromatic heterocycles. The summed E-state index contributed by atoms with van der Waals surface area (Å²) < 4.78 is 42.9. The van der Waals surface area contributed by atoms with Crippen molar-refractivity contribution in [3.05, 3.63) is 58.7 Å². The van der Waals surface area contributed by atoms with Gasteiger partial charge < -0.3 is 9.84 Å². The van der Waals surface area contributed by atoms with Gasteiger partial charge in [-0.1, -0.05) is 24.3 Å². The molecule has 2 aromatic rings. The molecule has 0 saturated heterocycles. The highest BCUT2D eigenvalue weighted by Gasteiger charge is 2.30. The van der Waals surface area contributed by atoms with Crippen LogP contribution in [-0.4, -0.2) is 18.5 Å². The Morgan fingerprint density at radius 1 is 1.09 bits per heavy atom. The van der Waals surface area contributed by atoms with Gasteiger partial charge in [-0.15, -0.1) is 0 Å². The van der Waals surface area contributed by atoms with Crippen molar-refractivity contribution in [1.29, 1.82) is 0 Å². The summed E-state index contributed by atoms with van der Waals surface area (Å²) in [5.74, 6) is -0.169. The number of aldehydes is 1. The summed E-state index contributed by atoms with van der Waals surface area (Å²) in [6, 6.07) is 7.75. The fraction of sp³-hybridized carbons (Fsp3) is 0.118. The molecule has 0 aliphatic heterocycles. The van der Waals surface area contributed by atoms with E-state index in [1.165, 1.54) is 43.5 Å². The number of methoxy groups -OCH3 is 1. The molecule has 0 radical (unpaired) electrons. The Balaban J connectivity index is 2.35. The predicted octanol–water partition coefficient (Wildman–Crippen LogP) is 4.40. The van der Waals surface area contributed by atoms with Gasteiger partial charge in [0.05, 0.1) is 18.2 Å². The van der Waals surface area contributed by atoms with E-state index in [1.54, 1.807) is 0 Å². The number of hydrogen-bond donors (Lipinski definition) is 1. The molecule has 0 atom stereocenters. The standard InChI is InChI=1S/C17H13F3O3/c1-23-15-9-12(7-13(10-21)16(15)22)6-5-11-3-2-4-14(8-11)17(18,19)20/h2-10,22H,1H3/b6-5+. The van der Waals surface area contributed by atoms with Crippen LogP contribution in [0.1, 0.15) is 27.0 Å². The molecule has 6 heteroatoms. The molecular weight excluding hydrogens is 309 g/mol. The van der Waals surface area contributed by atoms with E-state index in [1.807, 2.05) is 0 Å². The molecule has 0 unspecified atom stereocenters. The fourth-order valence-corrected chi connectivity index (χ4v) is 2.00. The van der Waals surface area contributed by atoms with Gasteiger partial charge in [-0.2, -0.15) is 13.2 Å². The first-order chi connectivity index (χ1) is 10.8. The van der Waals surface area contributed by atoms with Crippen LogP contribution in [0.4, 0.5) is 13.2 Å². The van der Waals surface area contributed by atoms with E-state index in [-0.39, 0.29) is 17.1 Å². The highest BCUT2D eigenvalue weighted by Crippen LogP contribution is 2.32. The molecule has 0 heterocycles. The van der Waals surface area contributed by atoms with Crippen LogP contribution >= 0.6 is 0 Å². The zero-order chi connectivity index (χ0) is 17.0. The molecular formula is C17H13F3O3. The SMILES string of the molecule is COc1cc(/C=C/c2cccc(C(F)(F)F)c2)cc(C=O)c1O. The van der Waals surface area contributed by atoms with Crippen molar-refractivity contribution < 1.29 is 27.8 Å². The normalized spacial score (nSPS) is 11.7. The third-order valence-electron chi connectivity index (χ3n) is 3.16. The summed E-state index contributed by atoms with van der Waals surface area (Å²) in [7, 11) is 1.34. The highest BCUT2D eigenvalue weighted by molar-refractivity contribution is 5.84. The van der Waals surface area contributed by atoms with E-state index in [0.717, 1.165) is 12.1 Å². The molecule has 120 valence electrons. The molecule has 0 amide bonds. The number of benzene rings is 2. The molecule has 0 saturated carbocycles. The lowest BCUT2D eigenvalue weighted by molar-refractivity contribution is -0.137. The number of ether oxygens (including phenoxy) is 1. The number of carbonyl (C=O) groups excluding carboxylic acids is 1. The van der Waals surface area contributed by atoms with Crippen LogP contribution in [0.25, 0.3) is 12.2 Å². The molecule has 23 heavy (non-hydrogen) atoms. The van der Waals surface area contributed by atoms with Gasteiger partial charge in [0.2, 0.25) is 0 Å². The second kappa shape index (κ2) is 6.56. The van der Waals surface area contributed by atoms with Crippen molar-refractivity contribution in [2.24, 2.45) is 0 Å². The lowest BCUT2D eigenvalue weighted by Gasteiger charge is -2.08. The van der Waals surface area contributed by atoms with Crippen LogP contribution in [-0.2, 0) is 6.18 Å². The number of phenolic OH excluding ortho intramolecular Hbond substituents is 1. The Kier molecular flexibility index (Phi) is 4.74. The van der Waals surface area contributed by atoms with Crippen molar-refractivity contribution in [1.82, 2.24) is 0 Å². The molecule has 0 fully saturated rings. The average Bonchev–Trinajstić information content (AvgIpc) is 2.53. The number of carbonyl (C=O) groups is 1. The Hall–Kier alpha value is -2.76. The predicted molar refractivity (Wildman–Crippen MR) is 80.4 cm³/mol. The lowest BCUT2D eigenvalue weighted by Crippen LogP contribution is -2.04. The average molecular weight is 322 g/mol. The van der Waals surface area contributed by atoms with Gasteiger partial charge in [0.25, 0.3) is 0 Å². The quantitative estimate of drug-likeness (QED) is 0.670. The minimum absolute atomic E-state index is 0.0352. The maximum atomic E-state index is 12.7. The second-order valence-electron chi connectivity index (χ2n) is 4.74. The minimum atomic E-state index is -4.41. The van der Waals surface area contributed by atoms with Gasteiger partial charge in [0, 0.05) is 0 Å². The van der Waals surface area contributed by atoms with Gasteiger partial charge in [0.1, 0.15) is 0 Å². The van der Waals surface area contributed by atoms with E-state index in [2.05, 4.69) is 0 Å². The van der Waals surface area contributed by atoms with E-state index >= 15 is 0 Å². The van der Waals surface area contributed by atoms with Gasteiger partial charge in [0.15, 0.2) is 17.8 Å². The first kappa shape index (κ1) is 16.6. The monoisotopic (exact) mass is 322 g/mol. The third-order valence-corrected chi connectivity index (χ3v) is 3.16. The van der Waals surface area contributed by atoms with Crippen molar-refractivity contribution in [2.45, 2.75) is 6.18 Å². The number of halogens is 3. The van der Waals surface area contributed by atoms with E-state index < -0.39 is 11.7 Å². The number of aromatic hydroxyl groups is 1. The molecule has 0 spiro atoms. The molecule has 2 rings (SSSR count). The van der Waals surface area contributed by atoms with Crippen molar-refractivity contribution in [2.75, 3.05) is 7.11 Å². The van der Waals surface area contributed by atoms with Crippen LogP contribution in [0.2, 0.25) is 0 Å². The summed E-state index contributed by atoms with van der Waals surface area (Å²) in [5.41, 5.74) is 0.170. The van der Waals surface area contributed by atoms with E-state index in [0.29, 0.717) is 17.4 Å². The van der Waals surface area contributed by atoms with Gasteiger partial charge in [-0.3, -0.25) is 4.79 Å². The largest absolute Gasteiger partial charge is 0.504 e. The van der Waals surface area contributed by atoms with Crippen LogP contribution in [0.5, 0.6) is 11.5 Å². The summed E-state index contributed by atoms with van der Waals surface area (Å²) >= 11 is 0. The van der Waals surface area contributed by atoms with Gasteiger partial charge in [-0.25, -0.2) is 0 Å². The van der Waals surface area contributed by atoms with Crippen molar-refractivity contribution >= 4 is 18.4 Å². The third kappa shape index (κ3) is 3.91. The van der Waals surface area contributed by atoms with Crippen LogP contribution < -0.4 is 4.74 Å². The smallest absolute Gasteiger partial charge is 0.416 e. The number of rotatable bonds is 4. The Morgan fingerprint density at radius 3 is 2.39 bits per heavy atom. The van der Waals surface area contributed by atoms with Crippen LogP contribution in [0.15, 0.2) is 36.4 Å². The summed E-state index contributed by atoms with van der Waals surface area (Å²) in [6.07, 6.45) is -0.921. The number of alkyl halides is 3. The Labute approximate surface area is 130 Å². The Morgan fingerprint density at radius 2 is 1.78 bits per heavy atom. The first-order valence-corrected chi connectivity index (χ1v) is 6.56. The first-order valence-electron chi connectivity index (χ1n) is 6.56. The minimum Gasteiger partial charge on any atom is -0.504 e. The topological polar surface area (TPSA) is 46.5 Å². The summed E-state index contributed by atoms with van der Waals surface area (Å²) in [4.78, 5) is 10.9. The molecule has 0 aliphatic carbocycles.